The van der Waals surface area contributed by atoms with Gasteiger partial charge in [-0.25, -0.2) is 0 Å². The first kappa shape index (κ1) is 17.8. The van der Waals surface area contributed by atoms with Crippen molar-refractivity contribution in [3.63, 3.8) is 0 Å². The Labute approximate surface area is 114 Å². The molecule has 0 saturated heterocycles. The molecule has 0 radical (unpaired) electrons. The van der Waals surface area contributed by atoms with E-state index >= 15 is 0 Å². The van der Waals surface area contributed by atoms with Crippen LogP contribution in [0.4, 0.5) is 0 Å². The molecule has 2 N–H and O–H groups in total. The molecule has 0 fully saturated rings. The van der Waals surface area contributed by atoms with Gasteiger partial charge < -0.3 is 15.5 Å². The summed E-state index contributed by atoms with van der Waals surface area (Å²) in [4.78, 5) is 7.44. The first-order valence-electron chi connectivity index (χ1n) is 7.58. The fourth-order valence-electron chi connectivity index (χ4n) is 2.16. The zero-order valence-electron chi connectivity index (χ0n) is 13.0. The smallest absolute Gasteiger partial charge is 0.0110 e. The standard InChI is InChI=1S/C14H34N4/c1-5-16(6-2)11-13-18(10-9-15)14-12-17(7-3)8-4/h5-15H2,1-4H3. The van der Waals surface area contributed by atoms with Crippen molar-refractivity contribution in [2.75, 3.05) is 65.4 Å². The predicted octanol–water partition coefficient (Wildman–Crippen LogP) is 0.931. The normalized spacial score (nSPS) is 12.0. The number of nitrogens with zero attached hydrogens (tertiary/aromatic N) is 3. The highest BCUT2D eigenvalue weighted by Gasteiger charge is 2.08. The van der Waals surface area contributed by atoms with Gasteiger partial charge in [-0.2, -0.15) is 0 Å². The minimum absolute atomic E-state index is 0.760. The van der Waals surface area contributed by atoms with E-state index in [9.17, 15) is 0 Å². The van der Waals surface area contributed by atoms with Gasteiger partial charge in [0.05, 0.1) is 0 Å². The van der Waals surface area contributed by atoms with Crippen LogP contribution in [0, 0.1) is 0 Å². The molecule has 0 aromatic carbocycles. The minimum atomic E-state index is 0.760. The summed E-state index contributed by atoms with van der Waals surface area (Å²) in [7, 11) is 0. The second-order valence-electron chi connectivity index (χ2n) is 4.68. The number of nitrogens with two attached hydrogens (primary N) is 1. The van der Waals surface area contributed by atoms with Gasteiger partial charge in [-0.15, -0.1) is 0 Å². The van der Waals surface area contributed by atoms with Crippen LogP contribution in [0.5, 0.6) is 0 Å². The maximum absolute atomic E-state index is 5.70. The molecule has 0 unspecified atom stereocenters. The lowest BCUT2D eigenvalue weighted by Crippen LogP contribution is -2.41. The molecule has 18 heavy (non-hydrogen) atoms. The van der Waals surface area contributed by atoms with Crippen LogP contribution in [-0.4, -0.2) is 80.1 Å². The van der Waals surface area contributed by atoms with Crippen LogP contribution in [-0.2, 0) is 0 Å². The van der Waals surface area contributed by atoms with Gasteiger partial charge in [0.2, 0.25) is 0 Å². The predicted molar refractivity (Wildman–Crippen MR) is 81.1 cm³/mol. The summed E-state index contributed by atoms with van der Waals surface area (Å²) in [6, 6.07) is 0. The highest BCUT2D eigenvalue weighted by molar-refractivity contribution is 4.65. The summed E-state index contributed by atoms with van der Waals surface area (Å²) < 4.78 is 0. The van der Waals surface area contributed by atoms with Gasteiger partial charge in [0.25, 0.3) is 0 Å². The summed E-state index contributed by atoms with van der Waals surface area (Å²) in [5.74, 6) is 0. The Bertz CT molecular complexity index is 151. The quantitative estimate of drug-likeness (QED) is 0.565. The molecule has 4 nitrogen and oxygen atoms in total. The van der Waals surface area contributed by atoms with Gasteiger partial charge in [-0.3, -0.25) is 4.90 Å². The number of hydrogen-bond acceptors (Lipinski definition) is 4. The third-order valence-electron chi connectivity index (χ3n) is 3.70. The maximum atomic E-state index is 5.70. The van der Waals surface area contributed by atoms with Crippen LogP contribution in [0.3, 0.4) is 0 Å². The molecule has 110 valence electrons. The third kappa shape index (κ3) is 8.03. The highest BCUT2D eigenvalue weighted by Crippen LogP contribution is 1.94. The summed E-state index contributed by atoms with van der Waals surface area (Å²) >= 11 is 0. The molecular weight excluding hydrogens is 224 g/mol. The van der Waals surface area contributed by atoms with Crippen molar-refractivity contribution in [1.82, 2.24) is 14.7 Å². The zero-order chi connectivity index (χ0) is 13.8. The first-order valence-corrected chi connectivity index (χ1v) is 7.58. The minimum Gasteiger partial charge on any atom is -0.329 e. The molecule has 4 heteroatoms. The van der Waals surface area contributed by atoms with Gasteiger partial charge in [0.15, 0.2) is 0 Å². The lowest BCUT2D eigenvalue weighted by molar-refractivity contribution is 0.189. The van der Waals surface area contributed by atoms with Crippen molar-refractivity contribution >= 4 is 0 Å². The van der Waals surface area contributed by atoms with E-state index in [2.05, 4.69) is 42.4 Å². The Kier molecular flexibility index (Phi) is 11.8. The Morgan fingerprint density at radius 1 is 0.556 bits per heavy atom. The molecule has 0 rings (SSSR count). The van der Waals surface area contributed by atoms with Crippen molar-refractivity contribution < 1.29 is 0 Å². The highest BCUT2D eigenvalue weighted by atomic mass is 15.2. The van der Waals surface area contributed by atoms with Crippen LogP contribution in [0.15, 0.2) is 0 Å². The van der Waals surface area contributed by atoms with Gasteiger partial charge in [-0.1, -0.05) is 27.7 Å². The van der Waals surface area contributed by atoms with Gasteiger partial charge in [0, 0.05) is 39.3 Å². The van der Waals surface area contributed by atoms with Gasteiger partial charge in [-0.05, 0) is 26.2 Å². The van der Waals surface area contributed by atoms with Crippen LogP contribution >= 0.6 is 0 Å². The average Bonchev–Trinajstić information content (AvgIpc) is 2.40. The van der Waals surface area contributed by atoms with E-state index in [0.717, 1.165) is 65.4 Å². The third-order valence-corrected chi connectivity index (χ3v) is 3.70. The molecular formula is C14H34N4. The van der Waals surface area contributed by atoms with E-state index in [4.69, 9.17) is 5.73 Å². The van der Waals surface area contributed by atoms with Crippen LogP contribution in [0.1, 0.15) is 27.7 Å². The van der Waals surface area contributed by atoms with Crippen LogP contribution in [0.25, 0.3) is 0 Å². The summed E-state index contributed by atoms with van der Waals surface area (Å²) in [6.07, 6.45) is 0. The molecule has 0 aromatic rings. The Balaban J connectivity index is 3.97. The van der Waals surface area contributed by atoms with Gasteiger partial charge in [0.1, 0.15) is 0 Å². The summed E-state index contributed by atoms with van der Waals surface area (Å²) in [5.41, 5.74) is 5.70. The topological polar surface area (TPSA) is 35.7 Å². The number of likely N-dealkylation sites (N-methyl/N-ethyl adjacent to an activating group) is 2. The molecule has 0 amide bonds. The number of hydrogen-bond donors (Lipinski definition) is 1. The lowest BCUT2D eigenvalue weighted by Gasteiger charge is -2.28. The van der Waals surface area contributed by atoms with Crippen molar-refractivity contribution in [1.29, 1.82) is 0 Å². The van der Waals surface area contributed by atoms with E-state index in [-0.39, 0.29) is 0 Å². The lowest BCUT2D eigenvalue weighted by atomic mass is 10.3. The van der Waals surface area contributed by atoms with E-state index in [0.29, 0.717) is 0 Å². The molecule has 0 atom stereocenters. The molecule has 0 bridgehead atoms. The fourth-order valence-corrected chi connectivity index (χ4v) is 2.16. The molecule has 0 aliphatic carbocycles. The van der Waals surface area contributed by atoms with E-state index in [1.807, 2.05) is 0 Å². The molecule has 0 aliphatic heterocycles. The molecule has 0 saturated carbocycles. The first-order chi connectivity index (χ1) is 8.71. The van der Waals surface area contributed by atoms with E-state index in [1.54, 1.807) is 0 Å². The number of rotatable bonds is 12. The van der Waals surface area contributed by atoms with Crippen LogP contribution < -0.4 is 5.73 Å². The Hall–Kier alpha value is -0.160. The summed E-state index contributed by atoms with van der Waals surface area (Å²) in [5, 5.41) is 0. The molecule has 0 aliphatic rings. The second-order valence-corrected chi connectivity index (χ2v) is 4.68. The van der Waals surface area contributed by atoms with Crippen molar-refractivity contribution in [3.8, 4) is 0 Å². The SMILES string of the molecule is CCN(CC)CCN(CCN)CCN(CC)CC. The average molecular weight is 258 g/mol. The molecule has 0 aromatic heterocycles. The second kappa shape index (κ2) is 11.9. The van der Waals surface area contributed by atoms with Gasteiger partial charge >= 0.3 is 0 Å². The molecule has 0 heterocycles. The van der Waals surface area contributed by atoms with Crippen molar-refractivity contribution in [2.45, 2.75) is 27.7 Å². The monoisotopic (exact) mass is 258 g/mol. The van der Waals surface area contributed by atoms with Crippen molar-refractivity contribution in [3.05, 3.63) is 0 Å². The van der Waals surface area contributed by atoms with E-state index in [1.165, 1.54) is 0 Å². The van der Waals surface area contributed by atoms with Crippen LogP contribution in [0.2, 0.25) is 0 Å². The fraction of sp³-hybridized carbons (Fsp3) is 1.00. The Morgan fingerprint density at radius 3 is 1.17 bits per heavy atom. The van der Waals surface area contributed by atoms with E-state index < -0.39 is 0 Å². The largest absolute Gasteiger partial charge is 0.329 e. The van der Waals surface area contributed by atoms with Crippen molar-refractivity contribution in [2.24, 2.45) is 5.73 Å². The Morgan fingerprint density at radius 2 is 0.889 bits per heavy atom. The maximum Gasteiger partial charge on any atom is 0.0110 e. The zero-order valence-corrected chi connectivity index (χ0v) is 13.0. The summed E-state index contributed by atoms with van der Waals surface area (Å²) in [6.45, 7) is 19.9. The molecule has 0 spiro atoms.